The molecule has 21 heavy (non-hydrogen) atoms. The second-order valence-corrected chi connectivity index (χ2v) is 6.75. The maximum atomic E-state index is 12.1. The molecule has 0 aromatic heterocycles. The van der Waals surface area contributed by atoms with Gasteiger partial charge in [0.05, 0.1) is 12.1 Å². The van der Waals surface area contributed by atoms with Crippen molar-refractivity contribution in [3.63, 3.8) is 0 Å². The number of oxime groups is 1. The van der Waals surface area contributed by atoms with Crippen molar-refractivity contribution in [2.75, 3.05) is 13.1 Å². The van der Waals surface area contributed by atoms with Gasteiger partial charge >= 0.3 is 5.97 Å². The fourth-order valence-electron chi connectivity index (χ4n) is 2.84. The van der Waals surface area contributed by atoms with E-state index in [1.807, 2.05) is 0 Å². The van der Waals surface area contributed by atoms with Crippen LogP contribution >= 0.6 is 0 Å². The van der Waals surface area contributed by atoms with E-state index in [-0.39, 0.29) is 11.5 Å². The average Bonchev–Trinajstić information content (AvgIpc) is 2.48. The molecule has 1 heterocycles. The van der Waals surface area contributed by atoms with Crippen LogP contribution in [0.15, 0.2) is 5.16 Å². The molecule has 0 aromatic carbocycles. The van der Waals surface area contributed by atoms with Crippen LogP contribution in [0, 0.1) is 5.92 Å². The average molecular weight is 296 g/mol. The lowest BCUT2D eigenvalue weighted by molar-refractivity contribution is -0.146. The van der Waals surface area contributed by atoms with E-state index in [0.29, 0.717) is 12.3 Å². The Morgan fingerprint density at radius 1 is 1.24 bits per heavy atom. The molecule has 4 nitrogen and oxygen atoms in total. The minimum atomic E-state index is -0.222. The van der Waals surface area contributed by atoms with E-state index in [0.717, 1.165) is 31.6 Å². The standard InChI is InChI=1S/C17H32N2O2/c1-6-14(3)15(7-2)18-21-16(20)13-17(4,5)19-11-9-8-10-12-19/h14H,6-13H2,1-5H3/b18-15+. The second kappa shape index (κ2) is 8.52. The summed E-state index contributed by atoms with van der Waals surface area (Å²) < 4.78 is 0. The zero-order chi connectivity index (χ0) is 15.9. The molecule has 0 spiro atoms. The summed E-state index contributed by atoms with van der Waals surface area (Å²) in [6.45, 7) is 12.7. The fraction of sp³-hybridized carbons (Fsp3) is 0.882. The summed E-state index contributed by atoms with van der Waals surface area (Å²) in [6.07, 6.45) is 6.00. The van der Waals surface area contributed by atoms with Gasteiger partial charge in [-0.2, -0.15) is 0 Å². The highest BCUT2D eigenvalue weighted by Gasteiger charge is 2.31. The van der Waals surface area contributed by atoms with Gasteiger partial charge in [-0.25, -0.2) is 4.79 Å². The molecule has 122 valence electrons. The molecule has 0 saturated carbocycles. The Morgan fingerprint density at radius 3 is 2.38 bits per heavy atom. The first-order chi connectivity index (χ1) is 9.90. The van der Waals surface area contributed by atoms with E-state index in [1.165, 1.54) is 19.3 Å². The van der Waals surface area contributed by atoms with Gasteiger partial charge in [0.2, 0.25) is 0 Å². The molecule has 0 aromatic rings. The van der Waals surface area contributed by atoms with E-state index in [9.17, 15) is 4.79 Å². The number of carbonyl (C=O) groups is 1. The molecule has 0 aliphatic carbocycles. The summed E-state index contributed by atoms with van der Waals surface area (Å²) in [5, 5.41) is 4.09. The van der Waals surface area contributed by atoms with E-state index in [4.69, 9.17) is 4.84 Å². The van der Waals surface area contributed by atoms with Crippen LogP contribution in [0.25, 0.3) is 0 Å². The van der Waals surface area contributed by atoms with Crippen molar-refractivity contribution in [3.05, 3.63) is 0 Å². The number of likely N-dealkylation sites (tertiary alicyclic amines) is 1. The molecule has 0 bridgehead atoms. The number of hydrogen-bond donors (Lipinski definition) is 0. The van der Waals surface area contributed by atoms with Crippen LogP contribution in [-0.4, -0.2) is 35.2 Å². The van der Waals surface area contributed by atoms with E-state index in [2.05, 4.69) is 44.7 Å². The molecular formula is C17H32N2O2. The Labute approximate surface area is 129 Å². The normalized spacial score (nSPS) is 19.4. The van der Waals surface area contributed by atoms with E-state index >= 15 is 0 Å². The van der Waals surface area contributed by atoms with Crippen molar-refractivity contribution in [1.82, 2.24) is 4.90 Å². The minimum absolute atomic E-state index is 0.143. The first-order valence-electron chi connectivity index (χ1n) is 8.42. The van der Waals surface area contributed by atoms with Gasteiger partial charge in [-0.05, 0) is 58.5 Å². The minimum Gasteiger partial charge on any atom is -0.318 e. The number of rotatable bonds is 7. The van der Waals surface area contributed by atoms with Gasteiger partial charge in [0.15, 0.2) is 0 Å². The summed E-state index contributed by atoms with van der Waals surface area (Å²) in [5.74, 6) is 0.151. The van der Waals surface area contributed by atoms with Gasteiger partial charge in [0.25, 0.3) is 0 Å². The third-order valence-corrected chi connectivity index (χ3v) is 4.60. The number of piperidine rings is 1. The Morgan fingerprint density at radius 2 is 1.86 bits per heavy atom. The van der Waals surface area contributed by atoms with Crippen LogP contribution in [0.4, 0.5) is 0 Å². The second-order valence-electron chi connectivity index (χ2n) is 6.75. The third-order valence-electron chi connectivity index (χ3n) is 4.60. The molecule has 0 radical (unpaired) electrons. The van der Waals surface area contributed by atoms with Gasteiger partial charge in [-0.3, -0.25) is 4.90 Å². The van der Waals surface area contributed by atoms with Crippen LogP contribution in [0.2, 0.25) is 0 Å². The van der Waals surface area contributed by atoms with Gasteiger partial charge in [-0.1, -0.05) is 32.3 Å². The van der Waals surface area contributed by atoms with Crippen molar-refractivity contribution >= 4 is 11.7 Å². The van der Waals surface area contributed by atoms with Crippen molar-refractivity contribution < 1.29 is 9.63 Å². The van der Waals surface area contributed by atoms with Gasteiger partial charge < -0.3 is 4.84 Å². The molecule has 1 atom stereocenters. The molecule has 1 saturated heterocycles. The van der Waals surface area contributed by atoms with Gasteiger partial charge in [-0.15, -0.1) is 0 Å². The summed E-state index contributed by atoms with van der Waals surface area (Å²) >= 11 is 0. The van der Waals surface area contributed by atoms with Crippen molar-refractivity contribution in [1.29, 1.82) is 0 Å². The monoisotopic (exact) mass is 296 g/mol. The predicted octanol–water partition coefficient (Wildman–Crippen LogP) is 4.00. The van der Waals surface area contributed by atoms with Crippen LogP contribution in [-0.2, 0) is 9.63 Å². The lowest BCUT2D eigenvalue weighted by Gasteiger charge is -2.40. The molecule has 1 fully saturated rings. The fourth-order valence-corrected chi connectivity index (χ4v) is 2.84. The SMILES string of the molecule is CC/C(=N\OC(=O)CC(C)(C)N1CCCCC1)C(C)CC. The van der Waals surface area contributed by atoms with Crippen molar-refractivity contribution in [2.24, 2.45) is 11.1 Å². The number of carbonyl (C=O) groups excluding carboxylic acids is 1. The topological polar surface area (TPSA) is 41.9 Å². The van der Waals surface area contributed by atoms with Crippen molar-refractivity contribution in [3.8, 4) is 0 Å². The number of nitrogens with zero attached hydrogens (tertiary/aromatic N) is 2. The van der Waals surface area contributed by atoms with Crippen LogP contribution in [0.3, 0.4) is 0 Å². The Kier molecular flexibility index (Phi) is 7.36. The maximum absolute atomic E-state index is 12.1. The Hall–Kier alpha value is -0.900. The molecule has 1 aliphatic rings. The molecule has 0 N–H and O–H groups in total. The van der Waals surface area contributed by atoms with Gasteiger partial charge in [0, 0.05) is 5.54 Å². The maximum Gasteiger partial charge on any atom is 0.336 e. The molecule has 1 rings (SSSR count). The highest BCUT2D eigenvalue weighted by atomic mass is 16.7. The van der Waals surface area contributed by atoms with E-state index in [1.54, 1.807) is 0 Å². The summed E-state index contributed by atoms with van der Waals surface area (Å²) in [7, 11) is 0. The smallest absolute Gasteiger partial charge is 0.318 e. The molecule has 1 aliphatic heterocycles. The highest BCUT2D eigenvalue weighted by molar-refractivity contribution is 5.86. The zero-order valence-electron chi connectivity index (χ0n) is 14.4. The lowest BCUT2D eigenvalue weighted by atomic mass is 9.95. The molecule has 1 unspecified atom stereocenters. The van der Waals surface area contributed by atoms with Crippen LogP contribution in [0.5, 0.6) is 0 Å². The molecule has 4 heteroatoms. The van der Waals surface area contributed by atoms with Crippen LogP contribution < -0.4 is 0 Å². The summed E-state index contributed by atoms with van der Waals surface area (Å²) in [6, 6.07) is 0. The molecular weight excluding hydrogens is 264 g/mol. The quantitative estimate of drug-likeness (QED) is 0.405. The first-order valence-corrected chi connectivity index (χ1v) is 8.42. The van der Waals surface area contributed by atoms with Crippen molar-refractivity contribution in [2.45, 2.75) is 78.7 Å². The Bertz CT molecular complexity index is 358. The predicted molar refractivity (Wildman–Crippen MR) is 87.4 cm³/mol. The summed E-state index contributed by atoms with van der Waals surface area (Å²) in [4.78, 5) is 19.6. The zero-order valence-corrected chi connectivity index (χ0v) is 14.4. The lowest BCUT2D eigenvalue weighted by Crippen LogP contribution is -2.48. The molecule has 0 amide bonds. The number of hydrogen-bond acceptors (Lipinski definition) is 4. The third kappa shape index (κ3) is 5.77. The largest absolute Gasteiger partial charge is 0.336 e. The van der Waals surface area contributed by atoms with E-state index < -0.39 is 0 Å². The van der Waals surface area contributed by atoms with Gasteiger partial charge in [0.1, 0.15) is 0 Å². The Balaban J connectivity index is 2.53. The highest BCUT2D eigenvalue weighted by Crippen LogP contribution is 2.24. The summed E-state index contributed by atoms with van der Waals surface area (Å²) in [5.41, 5.74) is 0.831. The van der Waals surface area contributed by atoms with Crippen LogP contribution in [0.1, 0.15) is 73.1 Å². The first kappa shape index (κ1) is 18.1.